The van der Waals surface area contributed by atoms with E-state index in [2.05, 4.69) is 77.5 Å². The summed E-state index contributed by atoms with van der Waals surface area (Å²) >= 11 is 0. The van der Waals surface area contributed by atoms with Gasteiger partial charge in [-0.25, -0.2) is 0 Å². The zero-order chi connectivity index (χ0) is 25.6. The van der Waals surface area contributed by atoms with Gasteiger partial charge in [0.25, 0.3) is 6.47 Å². The standard InChI is InChI=1S/C20H38O2.C12H18/c1-18(2)11-8-6-5-7-9-12-19(3)13-10-14-20(4)15-16-22-17-21;1-4-11-5-7-12(8-6-11)9-10(2)3/h15,17-19H,5-14,16H2,1-4H3;5-8,10H,4,9H2,1-3H3/b20-15+;. The van der Waals surface area contributed by atoms with Crippen LogP contribution in [-0.2, 0) is 22.4 Å². The van der Waals surface area contributed by atoms with E-state index >= 15 is 0 Å². The highest BCUT2D eigenvalue weighted by molar-refractivity contribution is 5.37. The second-order valence-electron chi connectivity index (χ2n) is 11.0. The van der Waals surface area contributed by atoms with Crippen LogP contribution in [0.3, 0.4) is 0 Å². The minimum absolute atomic E-state index is 0.418. The summed E-state index contributed by atoms with van der Waals surface area (Å²) in [6.07, 6.45) is 17.8. The third kappa shape index (κ3) is 21.0. The second-order valence-corrected chi connectivity index (χ2v) is 11.0. The van der Waals surface area contributed by atoms with E-state index in [1.807, 2.05) is 6.08 Å². The largest absolute Gasteiger partial charge is 0.464 e. The van der Waals surface area contributed by atoms with Crippen LogP contribution in [0, 0.1) is 17.8 Å². The fourth-order valence-electron chi connectivity index (χ4n) is 4.16. The molecule has 1 unspecified atom stereocenters. The van der Waals surface area contributed by atoms with Crippen molar-refractivity contribution in [1.29, 1.82) is 0 Å². The monoisotopic (exact) mass is 472 g/mol. The van der Waals surface area contributed by atoms with E-state index in [9.17, 15) is 4.79 Å². The van der Waals surface area contributed by atoms with Crippen LogP contribution >= 0.6 is 0 Å². The lowest BCUT2D eigenvalue weighted by atomic mass is 9.95. The Morgan fingerprint density at radius 3 is 1.91 bits per heavy atom. The Morgan fingerprint density at radius 2 is 1.35 bits per heavy atom. The molecular weight excluding hydrogens is 416 g/mol. The number of hydrogen-bond acceptors (Lipinski definition) is 2. The highest BCUT2D eigenvalue weighted by atomic mass is 16.5. The van der Waals surface area contributed by atoms with E-state index < -0.39 is 0 Å². The van der Waals surface area contributed by atoms with Crippen molar-refractivity contribution in [2.45, 2.75) is 126 Å². The van der Waals surface area contributed by atoms with Crippen LogP contribution in [-0.4, -0.2) is 13.1 Å². The Balaban J connectivity index is 0.000000757. The average Bonchev–Trinajstić information content (AvgIpc) is 2.79. The molecule has 0 fully saturated rings. The number of rotatable bonds is 18. The number of carbonyl (C=O) groups is 1. The maximum atomic E-state index is 10.1. The predicted molar refractivity (Wildman–Crippen MR) is 150 cm³/mol. The molecule has 1 aromatic rings. The number of benzene rings is 1. The number of ether oxygens (including phenoxy) is 1. The summed E-state index contributed by atoms with van der Waals surface area (Å²) in [5.74, 6) is 2.47. The van der Waals surface area contributed by atoms with Crippen molar-refractivity contribution in [1.82, 2.24) is 0 Å². The number of carbonyl (C=O) groups excluding carboxylic acids is 1. The van der Waals surface area contributed by atoms with E-state index in [0.29, 0.717) is 13.1 Å². The lowest BCUT2D eigenvalue weighted by molar-refractivity contribution is -0.127. The van der Waals surface area contributed by atoms with Crippen molar-refractivity contribution in [3.05, 3.63) is 47.0 Å². The van der Waals surface area contributed by atoms with Crippen molar-refractivity contribution < 1.29 is 9.53 Å². The van der Waals surface area contributed by atoms with Crippen LogP contribution in [0.15, 0.2) is 35.9 Å². The van der Waals surface area contributed by atoms with E-state index in [4.69, 9.17) is 0 Å². The second kappa shape index (κ2) is 21.9. The Labute approximate surface area is 213 Å². The maximum absolute atomic E-state index is 10.1. The van der Waals surface area contributed by atoms with E-state index in [0.717, 1.165) is 30.6 Å². The Kier molecular flexibility index (Phi) is 20.9. The molecule has 0 aromatic heterocycles. The van der Waals surface area contributed by atoms with Crippen LogP contribution in [0.25, 0.3) is 0 Å². The van der Waals surface area contributed by atoms with Crippen LogP contribution in [0.5, 0.6) is 0 Å². The maximum Gasteiger partial charge on any atom is 0.293 e. The molecule has 0 saturated heterocycles. The smallest absolute Gasteiger partial charge is 0.293 e. The third-order valence-corrected chi connectivity index (χ3v) is 6.42. The first-order chi connectivity index (χ1) is 16.3. The van der Waals surface area contributed by atoms with Gasteiger partial charge in [-0.1, -0.05) is 123 Å². The molecule has 0 amide bonds. The van der Waals surface area contributed by atoms with Gasteiger partial charge in [0.2, 0.25) is 0 Å². The van der Waals surface area contributed by atoms with Crippen molar-refractivity contribution in [2.75, 3.05) is 6.61 Å². The van der Waals surface area contributed by atoms with Crippen LogP contribution in [0.4, 0.5) is 0 Å². The first-order valence-electron chi connectivity index (χ1n) is 14.1. The predicted octanol–water partition coefficient (Wildman–Crippen LogP) is 9.75. The molecule has 2 nitrogen and oxygen atoms in total. The molecule has 0 aliphatic rings. The molecule has 0 bridgehead atoms. The molecule has 0 radical (unpaired) electrons. The van der Waals surface area contributed by atoms with Crippen LogP contribution < -0.4 is 0 Å². The molecule has 196 valence electrons. The van der Waals surface area contributed by atoms with Crippen molar-refractivity contribution >= 4 is 6.47 Å². The number of allylic oxidation sites excluding steroid dienone is 1. The first kappa shape index (κ1) is 32.4. The van der Waals surface area contributed by atoms with E-state index in [-0.39, 0.29) is 0 Å². The van der Waals surface area contributed by atoms with Crippen molar-refractivity contribution in [3.63, 3.8) is 0 Å². The topological polar surface area (TPSA) is 26.3 Å². The van der Waals surface area contributed by atoms with Gasteiger partial charge in [-0.15, -0.1) is 0 Å². The van der Waals surface area contributed by atoms with Crippen LogP contribution in [0.1, 0.15) is 124 Å². The van der Waals surface area contributed by atoms with Gasteiger partial charge < -0.3 is 4.74 Å². The first-order valence-corrected chi connectivity index (χ1v) is 14.1. The van der Waals surface area contributed by atoms with Gasteiger partial charge in [-0.05, 0) is 67.6 Å². The quantitative estimate of drug-likeness (QED) is 0.121. The molecule has 34 heavy (non-hydrogen) atoms. The molecule has 1 atom stereocenters. The number of hydrogen-bond donors (Lipinski definition) is 0. The molecule has 0 saturated carbocycles. The van der Waals surface area contributed by atoms with Crippen LogP contribution in [0.2, 0.25) is 0 Å². The molecule has 2 heteroatoms. The summed E-state index contributed by atoms with van der Waals surface area (Å²) in [7, 11) is 0. The lowest BCUT2D eigenvalue weighted by Crippen LogP contribution is -1.96. The number of aryl methyl sites for hydroxylation is 1. The number of unbranched alkanes of at least 4 members (excludes halogenated alkanes) is 4. The minimum Gasteiger partial charge on any atom is -0.464 e. The Hall–Kier alpha value is -1.57. The summed E-state index contributed by atoms with van der Waals surface area (Å²) in [6.45, 7) is 16.8. The van der Waals surface area contributed by atoms with Gasteiger partial charge >= 0.3 is 0 Å². The van der Waals surface area contributed by atoms with Gasteiger partial charge in [0.15, 0.2) is 0 Å². The molecule has 0 N–H and O–H groups in total. The van der Waals surface area contributed by atoms with Gasteiger partial charge in [-0.3, -0.25) is 4.79 Å². The summed E-state index contributed by atoms with van der Waals surface area (Å²) in [4.78, 5) is 10.1. The molecule has 0 spiro atoms. The Bertz CT molecular complexity index is 612. The van der Waals surface area contributed by atoms with Crippen molar-refractivity contribution in [2.24, 2.45) is 17.8 Å². The summed E-state index contributed by atoms with van der Waals surface area (Å²) in [6, 6.07) is 8.97. The zero-order valence-electron chi connectivity index (χ0n) is 23.7. The molecule has 1 rings (SSSR count). The lowest BCUT2D eigenvalue weighted by Gasteiger charge is -2.11. The normalized spacial score (nSPS) is 12.4. The van der Waals surface area contributed by atoms with Gasteiger partial charge in [-0.2, -0.15) is 0 Å². The molecule has 0 aliphatic carbocycles. The highest BCUT2D eigenvalue weighted by Crippen LogP contribution is 2.19. The molecule has 0 heterocycles. The highest BCUT2D eigenvalue weighted by Gasteiger charge is 2.03. The SMILES string of the molecule is C/C(=C\COC=O)CCCC(C)CCCCCCCC(C)C.CCc1ccc(CC(C)C)cc1. The molecule has 1 aromatic carbocycles. The van der Waals surface area contributed by atoms with Gasteiger partial charge in [0, 0.05) is 0 Å². The summed E-state index contributed by atoms with van der Waals surface area (Å²) in [5, 5.41) is 0. The third-order valence-electron chi connectivity index (χ3n) is 6.42. The minimum atomic E-state index is 0.418. The summed E-state index contributed by atoms with van der Waals surface area (Å²) in [5.41, 5.74) is 4.23. The zero-order valence-corrected chi connectivity index (χ0v) is 23.7. The van der Waals surface area contributed by atoms with E-state index in [1.165, 1.54) is 80.9 Å². The molecule has 0 aliphatic heterocycles. The fourth-order valence-corrected chi connectivity index (χ4v) is 4.16. The summed E-state index contributed by atoms with van der Waals surface area (Å²) < 4.78 is 4.68. The van der Waals surface area contributed by atoms with Gasteiger partial charge in [0.1, 0.15) is 6.61 Å². The Morgan fingerprint density at radius 1 is 0.794 bits per heavy atom. The average molecular weight is 473 g/mol. The van der Waals surface area contributed by atoms with Gasteiger partial charge in [0.05, 0.1) is 0 Å². The fraction of sp³-hybridized carbons (Fsp3) is 0.719. The van der Waals surface area contributed by atoms with Crippen molar-refractivity contribution in [3.8, 4) is 0 Å². The van der Waals surface area contributed by atoms with E-state index in [1.54, 1.807) is 0 Å². The molecular formula is C32H56O2.